The highest BCUT2D eigenvalue weighted by molar-refractivity contribution is 6.61. The lowest BCUT2D eigenvalue weighted by atomic mass is 9.90. The Kier molecular flexibility index (Phi) is 10.0. The lowest BCUT2D eigenvalue weighted by molar-refractivity contribution is -0.385. The molecule has 0 amide bonds. The van der Waals surface area contributed by atoms with Gasteiger partial charge in [0, 0.05) is 41.6 Å². The van der Waals surface area contributed by atoms with Crippen LogP contribution in [0.3, 0.4) is 0 Å². The Hall–Kier alpha value is -6.78. The Labute approximate surface area is 270 Å². The maximum atomic E-state index is 14.2. The Morgan fingerprint density at radius 2 is 1.46 bits per heavy atom. The van der Waals surface area contributed by atoms with Gasteiger partial charge in [-0.15, -0.1) is 0 Å². The molecule has 0 aromatic heterocycles. The van der Waals surface area contributed by atoms with E-state index in [2.05, 4.69) is 4.99 Å². The normalized spacial score (nSPS) is 15.6. The van der Waals surface area contributed by atoms with E-state index in [0.717, 1.165) is 63.8 Å². The predicted molar refractivity (Wildman–Crippen MR) is 163 cm³/mol. The number of non-ortho nitro benzene ring substituents is 2. The van der Waals surface area contributed by atoms with Crippen molar-refractivity contribution >= 4 is 52.3 Å². The van der Waals surface area contributed by atoms with Crippen molar-refractivity contribution in [1.29, 1.82) is 0 Å². The summed E-state index contributed by atoms with van der Waals surface area (Å²) in [5.41, 5.74) is -4.29. The smallest absolute Gasteiger partial charge is 0.354 e. The molecule has 48 heavy (non-hydrogen) atoms. The topological polar surface area (TPSA) is 224 Å². The van der Waals surface area contributed by atoms with Crippen LogP contribution in [-0.2, 0) is 38.1 Å². The molecule has 17 nitrogen and oxygen atoms in total. The van der Waals surface area contributed by atoms with Crippen LogP contribution in [0.25, 0.3) is 5.57 Å². The van der Waals surface area contributed by atoms with E-state index in [1.165, 1.54) is 30.3 Å². The molecule has 0 spiro atoms. The van der Waals surface area contributed by atoms with Crippen molar-refractivity contribution in [3.63, 3.8) is 0 Å². The summed E-state index contributed by atoms with van der Waals surface area (Å²) in [6.07, 6.45) is 2.95. The molecule has 0 aliphatic carbocycles. The standard InChI is InChI=1S/C31H24N4O13/c1-45-22(36)15-21(29(38)46-2)33-20-11-12-32-26(28(37)17-8-6-10-19(14-17)35(43)44)23(16-7-5-9-18(13-16)34(41)42)27(33)25(31(40)48-4)24(20)30(39)47-3/h5-15,20H,1-4H3/b12-11?,21-15+,27-23?,32-26?. The molecular formula is C31H24N4O13. The predicted octanol–water partition coefficient (Wildman–Crippen LogP) is 2.62. The van der Waals surface area contributed by atoms with Crippen molar-refractivity contribution in [2.75, 3.05) is 28.4 Å². The number of benzene rings is 2. The van der Waals surface area contributed by atoms with Crippen molar-refractivity contribution in [2.45, 2.75) is 6.04 Å². The molecule has 0 radical (unpaired) electrons. The number of fused-ring (bicyclic) bond motifs is 2. The Bertz CT molecular complexity index is 1940. The minimum Gasteiger partial charge on any atom is -0.466 e. The molecule has 0 saturated carbocycles. The maximum absolute atomic E-state index is 14.2. The van der Waals surface area contributed by atoms with E-state index in [4.69, 9.17) is 18.9 Å². The van der Waals surface area contributed by atoms with Crippen LogP contribution < -0.4 is 0 Å². The molecule has 246 valence electrons. The number of allylic oxidation sites excluding steroid dienone is 1. The van der Waals surface area contributed by atoms with Crippen molar-refractivity contribution in [1.82, 2.24) is 4.90 Å². The second-order valence-corrected chi connectivity index (χ2v) is 9.62. The number of ketones is 1. The average molecular weight is 661 g/mol. The van der Waals surface area contributed by atoms with E-state index in [0.29, 0.717) is 6.08 Å². The number of nitro benzene ring substituents is 2. The van der Waals surface area contributed by atoms with Gasteiger partial charge in [0.15, 0.2) is 0 Å². The van der Waals surface area contributed by atoms with Gasteiger partial charge in [-0.25, -0.2) is 19.2 Å². The first-order valence-electron chi connectivity index (χ1n) is 13.5. The molecule has 0 N–H and O–H groups in total. The number of nitrogens with zero attached hydrogens (tertiary/aromatic N) is 4. The summed E-state index contributed by atoms with van der Waals surface area (Å²) in [5, 5.41) is 23.4. The summed E-state index contributed by atoms with van der Waals surface area (Å²) in [6, 6.07) is 7.89. The van der Waals surface area contributed by atoms with Crippen molar-refractivity contribution in [3.8, 4) is 0 Å². The highest BCUT2D eigenvalue weighted by atomic mass is 16.6. The summed E-state index contributed by atoms with van der Waals surface area (Å²) in [7, 11) is 4.00. The van der Waals surface area contributed by atoms with Gasteiger partial charge >= 0.3 is 23.9 Å². The van der Waals surface area contributed by atoms with Crippen LogP contribution in [-0.4, -0.2) is 84.6 Å². The molecule has 2 aliphatic heterocycles. The third-order valence-electron chi connectivity index (χ3n) is 7.05. The van der Waals surface area contributed by atoms with Crippen molar-refractivity contribution in [3.05, 3.63) is 121 Å². The molecule has 1 unspecified atom stereocenters. The van der Waals surface area contributed by atoms with E-state index in [9.17, 15) is 44.2 Å². The number of carbonyl (C=O) groups excluding carboxylic acids is 5. The number of aliphatic imine (C=N–C) groups is 1. The summed E-state index contributed by atoms with van der Waals surface area (Å²) in [4.78, 5) is 94.3. The second kappa shape index (κ2) is 14.1. The summed E-state index contributed by atoms with van der Waals surface area (Å²) < 4.78 is 19.6. The number of ether oxygens (including phenoxy) is 4. The van der Waals surface area contributed by atoms with E-state index >= 15 is 0 Å². The van der Waals surface area contributed by atoms with Gasteiger partial charge < -0.3 is 23.8 Å². The summed E-state index contributed by atoms with van der Waals surface area (Å²) >= 11 is 0. The Morgan fingerprint density at radius 3 is 2.04 bits per heavy atom. The fourth-order valence-electron chi connectivity index (χ4n) is 5.00. The zero-order valence-electron chi connectivity index (χ0n) is 25.5. The van der Waals surface area contributed by atoms with Crippen LogP contribution in [0.5, 0.6) is 0 Å². The molecule has 0 saturated heterocycles. The van der Waals surface area contributed by atoms with Gasteiger partial charge in [0.25, 0.3) is 11.4 Å². The zero-order chi connectivity index (χ0) is 35.3. The molecule has 17 heteroatoms. The second-order valence-electron chi connectivity index (χ2n) is 9.62. The zero-order valence-corrected chi connectivity index (χ0v) is 25.5. The lowest BCUT2D eigenvalue weighted by Gasteiger charge is -2.31. The third kappa shape index (κ3) is 6.32. The van der Waals surface area contributed by atoms with Crippen molar-refractivity contribution in [2.24, 2.45) is 4.99 Å². The van der Waals surface area contributed by atoms with Gasteiger partial charge in [-0.2, -0.15) is 0 Å². The molecule has 0 fully saturated rings. The minimum atomic E-state index is -1.46. The largest absolute Gasteiger partial charge is 0.466 e. The highest BCUT2D eigenvalue weighted by Gasteiger charge is 2.49. The van der Waals surface area contributed by atoms with Crippen LogP contribution in [0.4, 0.5) is 11.4 Å². The number of methoxy groups -OCH3 is 4. The van der Waals surface area contributed by atoms with Gasteiger partial charge in [-0.1, -0.05) is 24.3 Å². The molecule has 2 aromatic rings. The fourth-order valence-corrected chi connectivity index (χ4v) is 5.00. The number of hydrogen-bond acceptors (Lipinski definition) is 15. The summed E-state index contributed by atoms with van der Waals surface area (Å²) in [6.45, 7) is 0. The van der Waals surface area contributed by atoms with Gasteiger partial charge in [0.05, 0.1) is 67.2 Å². The number of nitro groups is 2. The Morgan fingerprint density at radius 1 is 0.833 bits per heavy atom. The quantitative estimate of drug-likeness (QED) is 0.0892. The molecule has 2 aliphatic rings. The minimum absolute atomic E-state index is 0.134. The van der Waals surface area contributed by atoms with Crippen LogP contribution in [0.1, 0.15) is 15.9 Å². The number of carbonyl (C=O) groups is 5. The van der Waals surface area contributed by atoms with Crippen LogP contribution in [0.15, 0.2) is 94.4 Å². The molecule has 2 heterocycles. The van der Waals surface area contributed by atoms with Crippen LogP contribution in [0, 0.1) is 20.2 Å². The number of esters is 4. The van der Waals surface area contributed by atoms with E-state index in [-0.39, 0.29) is 16.7 Å². The van der Waals surface area contributed by atoms with E-state index in [1.54, 1.807) is 0 Å². The lowest BCUT2D eigenvalue weighted by Crippen LogP contribution is -2.37. The fraction of sp³-hybridized carbons (Fsp3) is 0.161. The summed E-state index contributed by atoms with van der Waals surface area (Å²) in [5.74, 6) is -5.49. The van der Waals surface area contributed by atoms with Gasteiger partial charge in [0.1, 0.15) is 11.4 Å². The molecule has 4 rings (SSSR count). The third-order valence-corrected chi connectivity index (χ3v) is 7.05. The number of Topliss-reactive ketones (excluding diaryl/α,β-unsaturated/α-hetero) is 1. The number of rotatable bonds is 10. The van der Waals surface area contributed by atoms with Gasteiger partial charge in [-0.3, -0.25) is 30.0 Å². The molecular weight excluding hydrogens is 636 g/mol. The van der Waals surface area contributed by atoms with Crippen LogP contribution >= 0.6 is 0 Å². The van der Waals surface area contributed by atoms with Crippen molar-refractivity contribution < 1.29 is 52.8 Å². The maximum Gasteiger partial charge on any atom is 0.354 e. The molecule has 2 bridgehead atoms. The first-order valence-corrected chi connectivity index (χ1v) is 13.5. The molecule has 2 aromatic carbocycles. The van der Waals surface area contributed by atoms with E-state index in [1.807, 2.05) is 0 Å². The first kappa shape index (κ1) is 34.1. The monoisotopic (exact) mass is 660 g/mol. The first-order chi connectivity index (χ1) is 22.9. The highest BCUT2D eigenvalue weighted by Crippen LogP contribution is 2.45. The SMILES string of the molecule is COC(=O)/C=C(\C(=O)OC)N1C2=C(c3cccc([N+](=O)[O-])c3)C(C(=O)c3cccc([N+](=O)[O-])c3)=NC=CC1C(C(=O)OC)=C2C(=O)OC. The molecule has 1 atom stereocenters. The van der Waals surface area contributed by atoms with Crippen LogP contribution in [0.2, 0.25) is 0 Å². The number of hydrogen-bond donors (Lipinski definition) is 0. The Balaban J connectivity index is 2.28. The van der Waals surface area contributed by atoms with Gasteiger partial charge in [0.2, 0.25) is 5.78 Å². The van der Waals surface area contributed by atoms with E-state index < -0.39 is 85.2 Å². The average Bonchev–Trinajstić information content (AvgIpc) is 3.44. The van der Waals surface area contributed by atoms with Gasteiger partial charge in [-0.05, 0) is 11.6 Å².